The topological polar surface area (TPSA) is 73.5 Å². The van der Waals surface area contributed by atoms with E-state index in [2.05, 4.69) is 15.4 Å². The van der Waals surface area contributed by atoms with Gasteiger partial charge in [0.1, 0.15) is 5.65 Å². The normalized spacial score (nSPS) is 16.5. The van der Waals surface area contributed by atoms with Gasteiger partial charge in [0.15, 0.2) is 0 Å². The number of nitrogens with zero attached hydrogens (tertiary/aromatic N) is 4. The van der Waals surface area contributed by atoms with Crippen LogP contribution in [0.5, 0.6) is 0 Å². The molecule has 0 aliphatic carbocycles. The summed E-state index contributed by atoms with van der Waals surface area (Å²) in [5.41, 5.74) is 2.96. The zero-order chi connectivity index (χ0) is 19.6. The molecule has 4 aromatic rings. The van der Waals surface area contributed by atoms with Gasteiger partial charge in [-0.2, -0.15) is 5.10 Å². The van der Waals surface area contributed by atoms with Gasteiger partial charge >= 0.3 is 0 Å². The van der Waals surface area contributed by atoms with Crippen LogP contribution in [-0.2, 0) is 17.8 Å². The molecule has 1 unspecified atom stereocenters. The van der Waals surface area contributed by atoms with E-state index in [1.165, 1.54) is 11.3 Å². The van der Waals surface area contributed by atoms with E-state index in [0.717, 1.165) is 47.8 Å². The van der Waals surface area contributed by atoms with Gasteiger partial charge in [0, 0.05) is 60.8 Å². The molecule has 148 valence electrons. The zero-order valence-electron chi connectivity index (χ0n) is 15.8. The number of hydrogen-bond acceptors (Lipinski definition) is 5. The van der Waals surface area contributed by atoms with Crippen LogP contribution in [0.15, 0.2) is 55.2 Å². The number of ether oxygens (including phenoxy) is 1. The Bertz CT molecular complexity index is 1140. The van der Waals surface area contributed by atoms with E-state index in [4.69, 9.17) is 4.74 Å². The molecular weight excluding hydrogens is 386 g/mol. The van der Waals surface area contributed by atoms with Crippen LogP contribution in [0.4, 0.5) is 0 Å². The van der Waals surface area contributed by atoms with Crippen LogP contribution in [0.1, 0.15) is 21.7 Å². The third-order valence-corrected chi connectivity index (χ3v) is 6.25. The first-order valence-corrected chi connectivity index (χ1v) is 10.5. The van der Waals surface area contributed by atoms with Gasteiger partial charge in [-0.25, -0.2) is 4.98 Å². The van der Waals surface area contributed by atoms with Crippen molar-refractivity contribution < 1.29 is 9.53 Å². The van der Waals surface area contributed by atoms with E-state index < -0.39 is 0 Å². The smallest absolute Gasteiger partial charge is 0.261 e. The number of pyridine rings is 1. The van der Waals surface area contributed by atoms with Crippen molar-refractivity contribution in [3.05, 3.63) is 65.7 Å². The van der Waals surface area contributed by atoms with E-state index in [-0.39, 0.29) is 5.91 Å². The second kappa shape index (κ2) is 7.81. The first-order valence-electron chi connectivity index (χ1n) is 9.65. The Morgan fingerprint density at radius 2 is 2.24 bits per heavy atom. The fourth-order valence-electron chi connectivity index (χ4n) is 3.54. The van der Waals surface area contributed by atoms with Gasteiger partial charge in [-0.05, 0) is 30.2 Å². The average molecular weight is 407 g/mol. The quantitative estimate of drug-likeness (QED) is 0.533. The van der Waals surface area contributed by atoms with Crippen LogP contribution in [0.2, 0.25) is 0 Å². The maximum Gasteiger partial charge on any atom is 0.261 e. The fraction of sp³-hybridized carbons (Fsp3) is 0.286. The number of imidazole rings is 1. The van der Waals surface area contributed by atoms with E-state index >= 15 is 0 Å². The Kier molecular flexibility index (Phi) is 4.87. The van der Waals surface area contributed by atoms with Crippen molar-refractivity contribution in [3.8, 4) is 10.4 Å². The third kappa shape index (κ3) is 3.94. The second-order valence-corrected chi connectivity index (χ2v) is 8.34. The Labute approximate surface area is 172 Å². The molecule has 7 nitrogen and oxygen atoms in total. The summed E-state index contributed by atoms with van der Waals surface area (Å²) in [5.74, 6) is 0.469. The molecular formula is C21H21N5O2S. The summed E-state index contributed by atoms with van der Waals surface area (Å²) in [7, 11) is 0. The molecule has 4 aromatic heterocycles. The molecule has 1 atom stereocenters. The first-order chi connectivity index (χ1) is 14.2. The van der Waals surface area contributed by atoms with Crippen LogP contribution >= 0.6 is 11.3 Å². The summed E-state index contributed by atoms with van der Waals surface area (Å²) in [6.45, 7) is 3.01. The number of hydrogen-bond donors (Lipinski definition) is 1. The predicted octanol–water partition coefficient (Wildman–Crippen LogP) is 3.23. The number of thiophene rings is 1. The number of rotatable bonds is 6. The highest BCUT2D eigenvalue weighted by atomic mass is 32.1. The van der Waals surface area contributed by atoms with Crippen LogP contribution in [0.25, 0.3) is 16.1 Å². The van der Waals surface area contributed by atoms with Crippen molar-refractivity contribution >= 4 is 22.9 Å². The van der Waals surface area contributed by atoms with Gasteiger partial charge < -0.3 is 14.5 Å². The van der Waals surface area contributed by atoms with Crippen molar-refractivity contribution in [1.82, 2.24) is 24.5 Å². The van der Waals surface area contributed by atoms with Gasteiger partial charge in [0.05, 0.1) is 17.7 Å². The predicted molar refractivity (Wildman–Crippen MR) is 111 cm³/mol. The van der Waals surface area contributed by atoms with Crippen LogP contribution in [0.3, 0.4) is 0 Å². The summed E-state index contributed by atoms with van der Waals surface area (Å²) in [6, 6.07) is 7.78. The summed E-state index contributed by atoms with van der Waals surface area (Å²) in [6.07, 6.45) is 10.6. The molecule has 1 aliphatic rings. The molecule has 0 saturated carbocycles. The number of fused-ring (bicyclic) bond motifs is 1. The Balaban J connectivity index is 1.22. The molecule has 8 heteroatoms. The van der Waals surface area contributed by atoms with Gasteiger partial charge in [-0.3, -0.25) is 9.48 Å². The summed E-state index contributed by atoms with van der Waals surface area (Å²) >= 11 is 1.48. The second-order valence-electron chi connectivity index (χ2n) is 7.26. The van der Waals surface area contributed by atoms with Crippen molar-refractivity contribution in [1.29, 1.82) is 0 Å². The fourth-order valence-corrected chi connectivity index (χ4v) is 4.43. The number of aromatic nitrogens is 4. The van der Waals surface area contributed by atoms with Gasteiger partial charge in [0.2, 0.25) is 0 Å². The maximum absolute atomic E-state index is 12.6. The lowest BCUT2D eigenvalue weighted by atomic mass is 10.1. The number of amides is 1. The lowest BCUT2D eigenvalue weighted by Crippen LogP contribution is -2.21. The minimum absolute atomic E-state index is 0.0672. The molecule has 5 heterocycles. The molecule has 0 aromatic carbocycles. The SMILES string of the molecule is O=C(NCc1ccc2nccn2c1)c1ccc(-c2cnn(CC3CCOC3)c2)s1. The minimum Gasteiger partial charge on any atom is -0.381 e. The van der Waals surface area contributed by atoms with Crippen molar-refractivity contribution in [3.63, 3.8) is 0 Å². The zero-order valence-corrected chi connectivity index (χ0v) is 16.6. The molecule has 0 spiro atoms. The Morgan fingerprint density at radius 3 is 3.14 bits per heavy atom. The van der Waals surface area contributed by atoms with E-state index in [1.54, 1.807) is 6.20 Å². The third-order valence-electron chi connectivity index (χ3n) is 5.12. The first kappa shape index (κ1) is 18.1. The molecule has 1 N–H and O–H groups in total. The molecule has 1 aliphatic heterocycles. The summed E-state index contributed by atoms with van der Waals surface area (Å²) in [4.78, 5) is 18.5. The molecule has 5 rings (SSSR count). The van der Waals surface area contributed by atoms with Crippen LogP contribution in [0, 0.1) is 5.92 Å². The Hall–Kier alpha value is -2.97. The molecule has 0 bridgehead atoms. The summed E-state index contributed by atoms with van der Waals surface area (Å²) < 4.78 is 9.35. The van der Waals surface area contributed by atoms with Gasteiger partial charge in [-0.1, -0.05) is 6.07 Å². The van der Waals surface area contributed by atoms with Crippen molar-refractivity contribution in [2.24, 2.45) is 5.92 Å². The monoisotopic (exact) mass is 407 g/mol. The van der Waals surface area contributed by atoms with E-state index in [1.807, 2.05) is 58.1 Å². The summed E-state index contributed by atoms with van der Waals surface area (Å²) in [5, 5.41) is 7.46. The molecule has 29 heavy (non-hydrogen) atoms. The molecule has 1 saturated heterocycles. The van der Waals surface area contributed by atoms with Gasteiger partial charge in [-0.15, -0.1) is 11.3 Å². The highest BCUT2D eigenvalue weighted by Gasteiger charge is 2.17. The average Bonchev–Trinajstić information content (AvgIpc) is 3.53. The van der Waals surface area contributed by atoms with Crippen molar-refractivity contribution in [2.45, 2.75) is 19.5 Å². The number of nitrogens with one attached hydrogen (secondary N) is 1. The highest BCUT2D eigenvalue weighted by Crippen LogP contribution is 2.28. The Morgan fingerprint density at radius 1 is 1.28 bits per heavy atom. The largest absolute Gasteiger partial charge is 0.381 e. The molecule has 1 amide bonds. The molecule has 0 radical (unpaired) electrons. The van der Waals surface area contributed by atoms with Crippen LogP contribution in [-0.4, -0.2) is 38.3 Å². The lowest BCUT2D eigenvalue weighted by molar-refractivity contribution is 0.0955. The van der Waals surface area contributed by atoms with E-state index in [9.17, 15) is 4.79 Å². The standard InChI is InChI=1S/C21H21N5O2S/c27-21(23-9-15-1-4-20-22-6-7-25(20)11-15)19-3-2-18(29-19)17-10-24-26(13-17)12-16-5-8-28-14-16/h1-4,6-7,10-11,13,16H,5,8-9,12,14H2,(H,23,27). The maximum atomic E-state index is 12.6. The van der Waals surface area contributed by atoms with Crippen LogP contribution < -0.4 is 5.32 Å². The minimum atomic E-state index is -0.0672. The van der Waals surface area contributed by atoms with E-state index in [0.29, 0.717) is 17.3 Å². The number of carbonyl (C=O) groups excluding carboxylic acids is 1. The lowest BCUT2D eigenvalue weighted by Gasteiger charge is -2.06. The number of carbonyl (C=O) groups is 1. The van der Waals surface area contributed by atoms with Crippen molar-refractivity contribution in [2.75, 3.05) is 13.2 Å². The van der Waals surface area contributed by atoms with Gasteiger partial charge in [0.25, 0.3) is 5.91 Å². The highest BCUT2D eigenvalue weighted by molar-refractivity contribution is 7.17. The molecule has 1 fully saturated rings.